The second-order valence-electron chi connectivity index (χ2n) is 8.98. The zero-order valence-electron chi connectivity index (χ0n) is 22.8. The number of aryl methyl sites for hydroxylation is 1. The van der Waals surface area contributed by atoms with E-state index in [0.29, 0.717) is 57.6 Å². The molecule has 15 nitrogen and oxygen atoms in total. The summed E-state index contributed by atoms with van der Waals surface area (Å²) in [6.45, 7) is 2.71. The van der Waals surface area contributed by atoms with Crippen LogP contribution in [0.25, 0.3) is 22.1 Å². The summed E-state index contributed by atoms with van der Waals surface area (Å²) >= 11 is 7.88. The Morgan fingerprint density at radius 2 is 1.59 bits per heavy atom. The van der Waals surface area contributed by atoms with Crippen LogP contribution in [0.4, 0.5) is 43.9 Å². The molecule has 0 bridgehead atoms. The van der Waals surface area contributed by atoms with Crippen molar-refractivity contribution in [3.63, 3.8) is 0 Å². The van der Waals surface area contributed by atoms with Crippen LogP contribution in [0.3, 0.4) is 0 Å². The molecule has 0 radical (unpaired) electrons. The third-order valence-electron chi connectivity index (χ3n) is 5.76. The van der Waals surface area contributed by atoms with Crippen molar-refractivity contribution in [2.24, 2.45) is 5.92 Å². The number of carboxylic acids is 3. The van der Waals surface area contributed by atoms with Gasteiger partial charge in [-0.1, -0.05) is 18.5 Å². The standard InChI is InChI=1S/C19H18ClN9O2S.2C2HF3O2/c1-2-9-12(20)11-15(24-9)27-19(28-16(11)29-5-7(6-29)17(30)31)32-8-3-10-13(23-4-8)14(21)26-18(22)25-10;2*3-2(4,5)1(6)7/h3-4,7H,2,5-6H2,1H3,(H,30,31)(H,24,27,28)(H4,21,22,25,26);2*(H,6,7). The van der Waals surface area contributed by atoms with Gasteiger partial charge in [-0.2, -0.15) is 31.3 Å². The van der Waals surface area contributed by atoms with Crippen LogP contribution in [0.2, 0.25) is 5.02 Å². The summed E-state index contributed by atoms with van der Waals surface area (Å²) in [6.07, 6.45) is -7.83. The molecule has 1 saturated heterocycles. The Morgan fingerprint density at radius 1 is 1.02 bits per heavy atom. The van der Waals surface area contributed by atoms with E-state index in [1.165, 1.54) is 11.8 Å². The monoisotopic (exact) mass is 699 g/mol. The number of carbonyl (C=O) groups is 3. The summed E-state index contributed by atoms with van der Waals surface area (Å²) < 4.78 is 63.5. The predicted molar refractivity (Wildman–Crippen MR) is 149 cm³/mol. The fourth-order valence-electron chi connectivity index (χ4n) is 3.60. The summed E-state index contributed by atoms with van der Waals surface area (Å²) in [7, 11) is 0. The second-order valence-corrected chi connectivity index (χ2v) is 10.4. The van der Waals surface area contributed by atoms with E-state index in [0.717, 1.165) is 10.6 Å². The Morgan fingerprint density at radius 3 is 2.09 bits per heavy atom. The number of halogens is 7. The van der Waals surface area contributed by atoms with Crippen molar-refractivity contribution in [2.45, 2.75) is 35.7 Å². The molecule has 1 aliphatic rings. The van der Waals surface area contributed by atoms with E-state index >= 15 is 0 Å². The number of hydrogen-bond donors (Lipinski definition) is 6. The van der Waals surface area contributed by atoms with Gasteiger partial charge >= 0.3 is 30.3 Å². The fraction of sp³-hybridized carbons (Fsp3) is 0.304. The lowest BCUT2D eigenvalue weighted by molar-refractivity contribution is -0.193. The van der Waals surface area contributed by atoms with Gasteiger partial charge < -0.3 is 36.7 Å². The highest BCUT2D eigenvalue weighted by molar-refractivity contribution is 7.99. The van der Waals surface area contributed by atoms with Gasteiger partial charge in [0.2, 0.25) is 5.95 Å². The first kappa shape index (κ1) is 35.6. The molecule has 0 aromatic carbocycles. The van der Waals surface area contributed by atoms with Crippen molar-refractivity contribution >= 4 is 80.9 Å². The average Bonchev–Trinajstić information content (AvgIpc) is 3.22. The molecule has 0 spiro atoms. The lowest BCUT2D eigenvalue weighted by Crippen LogP contribution is -2.51. The first-order valence-corrected chi connectivity index (χ1v) is 13.4. The number of carboxylic acid groups (broad SMARTS) is 3. The Labute approximate surface area is 261 Å². The Balaban J connectivity index is 0.000000345. The molecule has 0 saturated carbocycles. The number of nitrogens with one attached hydrogen (secondary N) is 1. The van der Waals surface area contributed by atoms with Gasteiger partial charge in [0.15, 0.2) is 11.0 Å². The summed E-state index contributed by atoms with van der Waals surface area (Å²) in [4.78, 5) is 56.7. The molecule has 0 aliphatic carbocycles. The number of nitrogen functional groups attached to an aromatic ring is 2. The Hall–Kier alpha value is -4.86. The van der Waals surface area contributed by atoms with E-state index in [2.05, 4.69) is 24.9 Å². The maximum atomic E-state index is 11.3. The molecule has 0 amide bonds. The SMILES string of the molecule is CCc1[nH]c2nc(Sc3cnc4c(N)nc(N)nc4c3)nc(N3CC(C(=O)O)C3)c2c1Cl.O=C(O)C(F)(F)F.O=C(O)C(F)(F)F. The molecular formula is C23H20ClF6N9O6S. The summed E-state index contributed by atoms with van der Waals surface area (Å²) in [6, 6.07) is 1.79. The smallest absolute Gasteiger partial charge is 0.481 e. The van der Waals surface area contributed by atoms with Crippen LogP contribution < -0.4 is 16.4 Å². The zero-order chi connectivity index (χ0) is 34.7. The number of H-pyrrole nitrogens is 1. The van der Waals surface area contributed by atoms with Crippen molar-refractivity contribution in [1.29, 1.82) is 0 Å². The molecule has 4 aromatic heterocycles. The number of hydrogen-bond acceptors (Lipinski definition) is 12. The summed E-state index contributed by atoms with van der Waals surface area (Å²) in [5, 5.41) is 25.2. The van der Waals surface area contributed by atoms with Crippen LogP contribution >= 0.6 is 23.4 Å². The average molecular weight is 700 g/mol. The largest absolute Gasteiger partial charge is 0.490 e. The maximum Gasteiger partial charge on any atom is 0.490 e. The number of fused-ring (bicyclic) bond motifs is 2. The normalized spacial score (nSPS) is 13.3. The predicted octanol–water partition coefficient (Wildman–Crippen LogP) is 3.61. The van der Waals surface area contributed by atoms with E-state index in [-0.39, 0.29) is 11.8 Å². The second kappa shape index (κ2) is 13.6. The van der Waals surface area contributed by atoms with Crippen LogP contribution in [0, 0.1) is 5.92 Å². The van der Waals surface area contributed by atoms with Gasteiger partial charge in [0.05, 0.1) is 21.8 Å². The fourth-order valence-corrected chi connectivity index (χ4v) is 4.71. The number of pyridine rings is 1. The van der Waals surface area contributed by atoms with Gasteiger partial charge in [0.25, 0.3) is 0 Å². The highest BCUT2D eigenvalue weighted by atomic mass is 35.5. The van der Waals surface area contributed by atoms with Gasteiger partial charge in [-0.15, -0.1) is 0 Å². The molecule has 46 heavy (non-hydrogen) atoms. The van der Waals surface area contributed by atoms with Crippen LogP contribution in [-0.4, -0.2) is 88.6 Å². The number of aromatic nitrogens is 6. The van der Waals surface area contributed by atoms with Gasteiger partial charge in [-0.05, 0) is 24.2 Å². The highest BCUT2D eigenvalue weighted by Gasteiger charge is 2.39. The first-order chi connectivity index (χ1) is 21.2. The van der Waals surface area contributed by atoms with Crippen molar-refractivity contribution in [3.05, 3.63) is 23.0 Å². The van der Waals surface area contributed by atoms with E-state index in [1.807, 2.05) is 11.8 Å². The number of aliphatic carboxylic acids is 3. The summed E-state index contributed by atoms with van der Waals surface area (Å²) in [5.74, 6) is -5.88. The zero-order valence-corrected chi connectivity index (χ0v) is 24.4. The molecule has 1 fully saturated rings. The maximum absolute atomic E-state index is 11.3. The lowest BCUT2D eigenvalue weighted by Gasteiger charge is -2.38. The van der Waals surface area contributed by atoms with Gasteiger partial charge in [0.1, 0.15) is 17.0 Å². The third kappa shape index (κ3) is 8.44. The molecule has 0 unspecified atom stereocenters. The van der Waals surface area contributed by atoms with E-state index in [4.69, 9.17) is 47.9 Å². The van der Waals surface area contributed by atoms with Gasteiger partial charge in [-0.3, -0.25) is 4.79 Å². The van der Waals surface area contributed by atoms with Crippen molar-refractivity contribution < 1.29 is 56.0 Å². The number of rotatable bonds is 5. The number of nitrogens with zero attached hydrogens (tertiary/aromatic N) is 6. The van der Waals surface area contributed by atoms with Crippen molar-refractivity contribution in [2.75, 3.05) is 29.5 Å². The number of aromatic amines is 1. The first-order valence-electron chi connectivity index (χ1n) is 12.3. The molecule has 5 rings (SSSR count). The number of nitrogens with two attached hydrogens (primary N) is 2. The minimum Gasteiger partial charge on any atom is -0.481 e. The van der Waals surface area contributed by atoms with Crippen molar-refractivity contribution in [3.8, 4) is 0 Å². The van der Waals surface area contributed by atoms with Crippen LogP contribution in [0.5, 0.6) is 0 Å². The molecular weight excluding hydrogens is 680 g/mol. The molecule has 8 N–H and O–H groups in total. The molecule has 5 heterocycles. The van der Waals surface area contributed by atoms with Crippen molar-refractivity contribution in [1.82, 2.24) is 29.9 Å². The van der Waals surface area contributed by atoms with E-state index < -0.39 is 36.2 Å². The lowest BCUT2D eigenvalue weighted by atomic mass is 10.0. The Kier molecular flexibility index (Phi) is 10.6. The molecule has 23 heteroatoms. The van der Waals surface area contributed by atoms with E-state index in [9.17, 15) is 36.2 Å². The van der Waals surface area contributed by atoms with E-state index in [1.54, 1.807) is 12.3 Å². The van der Waals surface area contributed by atoms with Crippen LogP contribution in [-0.2, 0) is 20.8 Å². The van der Waals surface area contributed by atoms with Gasteiger partial charge in [0, 0.05) is 29.9 Å². The third-order valence-corrected chi connectivity index (χ3v) is 7.00. The minimum absolute atomic E-state index is 0.0674. The quantitative estimate of drug-likeness (QED) is 0.129. The molecule has 1 aliphatic heterocycles. The Bertz CT molecular complexity index is 1780. The summed E-state index contributed by atoms with van der Waals surface area (Å²) in [5.41, 5.74) is 14.0. The number of anilines is 3. The molecule has 0 atom stereocenters. The number of alkyl halides is 6. The molecule has 4 aromatic rings. The highest BCUT2D eigenvalue weighted by Crippen LogP contribution is 2.39. The molecule has 248 valence electrons. The topological polar surface area (TPSA) is 247 Å². The minimum atomic E-state index is -5.08. The van der Waals surface area contributed by atoms with Crippen LogP contribution in [0.15, 0.2) is 22.3 Å². The van der Waals surface area contributed by atoms with Crippen LogP contribution in [0.1, 0.15) is 12.6 Å². The van der Waals surface area contributed by atoms with Gasteiger partial charge in [-0.25, -0.2) is 29.5 Å².